The molecule has 0 saturated heterocycles. The Hall–Kier alpha value is -3.45. The number of methoxy groups -OCH3 is 1. The number of fused-ring (bicyclic) bond motifs is 1. The van der Waals surface area contributed by atoms with Gasteiger partial charge in [-0.25, -0.2) is 12.8 Å². The molecule has 0 fully saturated rings. The summed E-state index contributed by atoms with van der Waals surface area (Å²) in [5.41, 5.74) is 2.54. The van der Waals surface area contributed by atoms with Gasteiger partial charge in [0.25, 0.3) is 0 Å². The second kappa shape index (κ2) is 7.76. The summed E-state index contributed by atoms with van der Waals surface area (Å²) in [5.74, 6) is 0.547. The first-order valence-electron chi connectivity index (χ1n) is 9.06. The van der Waals surface area contributed by atoms with Crippen LogP contribution in [0.15, 0.2) is 77.8 Å². The Kier molecular flexibility index (Phi) is 5.13. The lowest BCUT2D eigenvalue weighted by Gasteiger charge is -2.12. The molecule has 3 aromatic carbocycles. The van der Waals surface area contributed by atoms with Gasteiger partial charge in [-0.05, 0) is 47.5 Å². The number of para-hydroxylation sites is 1. The maximum Gasteiger partial charge on any atom is 0.175 e. The van der Waals surface area contributed by atoms with Crippen LogP contribution in [0.25, 0.3) is 22.0 Å². The van der Waals surface area contributed by atoms with Crippen molar-refractivity contribution in [1.29, 1.82) is 0 Å². The van der Waals surface area contributed by atoms with Gasteiger partial charge in [-0.1, -0.05) is 24.3 Å². The van der Waals surface area contributed by atoms with E-state index in [9.17, 15) is 12.8 Å². The van der Waals surface area contributed by atoms with Crippen molar-refractivity contribution in [2.75, 3.05) is 13.4 Å². The lowest BCUT2D eigenvalue weighted by Crippen LogP contribution is -1.98. The summed E-state index contributed by atoms with van der Waals surface area (Å²) in [6.07, 6.45) is 2.73. The normalized spacial score (nSPS) is 11.4. The van der Waals surface area contributed by atoms with Gasteiger partial charge in [-0.15, -0.1) is 0 Å². The quantitative estimate of drug-likeness (QED) is 0.439. The van der Waals surface area contributed by atoms with Crippen LogP contribution in [0.4, 0.5) is 4.39 Å². The van der Waals surface area contributed by atoms with Gasteiger partial charge < -0.3 is 9.47 Å². The number of ether oxygens (including phenoxy) is 2. The third-order valence-corrected chi connectivity index (χ3v) is 5.70. The number of sulfone groups is 1. The van der Waals surface area contributed by atoms with Crippen LogP contribution in [0.2, 0.25) is 0 Å². The number of rotatable bonds is 5. The minimum Gasteiger partial charge on any atom is -0.494 e. The molecular weight excluding hydrogens is 405 g/mol. The van der Waals surface area contributed by atoms with Crippen molar-refractivity contribution in [3.05, 3.63) is 78.7 Å². The molecule has 0 bridgehead atoms. The van der Waals surface area contributed by atoms with Crippen LogP contribution in [0.3, 0.4) is 0 Å². The van der Waals surface area contributed by atoms with Gasteiger partial charge in [0.15, 0.2) is 9.84 Å². The first kappa shape index (κ1) is 19.8. The van der Waals surface area contributed by atoms with Gasteiger partial charge in [0.2, 0.25) is 0 Å². The molecule has 4 aromatic rings. The summed E-state index contributed by atoms with van der Waals surface area (Å²) in [6, 6.07) is 18.3. The fourth-order valence-electron chi connectivity index (χ4n) is 3.24. The van der Waals surface area contributed by atoms with Crippen molar-refractivity contribution in [2.24, 2.45) is 0 Å². The van der Waals surface area contributed by atoms with Crippen LogP contribution in [-0.2, 0) is 9.84 Å². The van der Waals surface area contributed by atoms with E-state index in [2.05, 4.69) is 4.98 Å². The molecule has 0 aliphatic heterocycles. The number of halogens is 1. The fourth-order valence-corrected chi connectivity index (χ4v) is 3.90. The van der Waals surface area contributed by atoms with Crippen LogP contribution in [0.5, 0.6) is 17.2 Å². The third-order valence-electron chi connectivity index (χ3n) is 4.61. The van der Waals surface area contributed by atoms with Crippen molar-refractivity contribution in [1.82, 2.24) is 4.98 Å². The van der Waals surface area contributed by atoms with Crippen LogP contribution in [0, 0.1) is 5.82 Å². The molecular formula is C23H18FNO4S. The molecule has 0 aliphatic carbocycles. The van der Waals surface area contributed by atoms with Crippen LogP contribution >= 0.6 is 0 Å². The maximum absolute atomic E-state index is 13.9. The average molecular weight is 423 g/mol. The Morgan fingerprint density at radius 3 is 2.50 bits per heavy atom. The van der Waals surface area contributed by atoms with Crippen molar-refractivity contribution in [3.8, 4) is 28.4 Å². The molecule has 0 atom stereocenters. The number of nitrogens with zero attached hydrogens (tertiary/aromatic N) is 1. The number of hydrogen-bond donors (Lipinski definition) is 0. The van der Waals surface area contributed by atoms with Crippen LogP contribution in [0.1, 0.15) is 0 Å². The highest BCUT2D eigenvalue weighted by molar-refractivity contribution is 7.90. The second-order valence-electron chi connectivity index (χ2n) is 6.74. The Morgan fingerprint density at radius 1 is 0.933 bits per heavy atom. The van der Waals surface area contributed by atoms with Crippen molar-refractivity contribution < 1.29 is 22.3 Å². The van der Waals surface area contributed by atoms with E-state index in [1.54, 1.807) is 25.4 Å². The topological polar surface area (TPSA) is 65.5 Å². The van der Waals surface area contributed by atoms with Gasteiger partial charge in [-0.2, -0.15) is 0 Å². The van der Waals surface area contributed by atoms with E-state index in [1.807, 2.05) is 36.4 Å². The smallest absolute Gasteiger partial charge is 0.175 e. The first-order valence-corrected chi connectivity index (χ1v) is 10.9. The number of aromatic nitrogens is 1. The highest BCUT2D eigenvalue weighted by Gasteiger charge is 2.13. The molecule has 1 aromatic heterocycles. The standard InChI is InChI=1S/C23H18FNO4S/c1-28-22-8-4-7-21-20(9-10-25-23(21)22)15-5-3-6-17(11-15)29-18-12-16(24)13-19(14-18)30(2,26)27/h3-14H,1-2H3. The molecule has 0 N–H and O–H groups in total. The molecule has 152 valence electrons. The zero-order valence-corrected chi connectivity index (χ0v) is 17.1. The Bertz CT molecular complexity index is 1350. The molecule has 0 spiro atoms. The number of hydrogen-bond acceptors (Lipinski definition) is 5. The maximum atomic E-state index is 13.9. The Morgan fingerprint density at radius 2 is 1.73 bits per heavy atom. The Balaban J connectivity index is 1.75. The zero-order valence-electron chi connectivity index (χ0n) is 16.3. The minimum absolute atomic E-state index is 0.105. The summed E-state index contributed by atoms with van der Waals surface area (Å²) in [5, 5.41) is 0.916. The van der Waals surface area contributed by atoms with E-state index in [1.165, 1.54) is 6.07 Å². The lowest BCUT2D eigenvalue weighted by molar-refractivity contribution is 0.419. The predicted octanol–water partition coefficient (Wildman–Crippen LogP) is 5.25. The minimum atomic E-state index is -3.56. The van der Waals surface area contributed by atoms with Crippen molar-refractivity contribution in [2.45, 2.75) is 4.90 Å². The Labute approximate surface area is 173 Å². The molecule has 0 amide bonds. The molecule has 30 heavy (non-hydrogen) atoms. The monoisotopic (exact) mass is 423 g/mol. The number of benzene rings is 3. The molecule has 0 saturated carbocycles. The van der Waals surface area contributed by atoms with Crippen molar-refractivity contribution in [3.63, 3.8) is 0 Å². The summed E-state index contributed by atoms with van der Waals surface area (Å²) < 4.78 is 48.6. The molecule has 7 heteroatoms. The second-order valence-corrected chi connectivity index (χ2v) is 8.76. The summed E-state index contributed by atoms with van der Waals surface area (Å²) in [4.78, 5) is 4.28. The predicted molar refractivity (Wildman–Crippen MR) is 113 cm³/mol. The van der Waals surface area contributed by atoms with E-state index >= 15 is 0 Å². The zero-order chi connectivity index (χ0) is 21.3. The van der Waals surface area contributed by atoms with Gasteiger partial charge in [0.05, 0.1) is 12.0 Å². The van der Waals surface area contributed by atoms with E-state index < -0.39 is 15.7 Å². The van der Waals surface area contributed by atoms with E-state index in [4.69, 9.17) is 9.47 Å². The van der Waals surface area contributed by atoms with Gasteiger partial charge in [0.1, 0.15) is 28.6 Å². The third kappa shape index (κ3) is 3.97. The summed E-state index contributed by atoms with van der Waals surface area (Å²) in [6.45, 7) is 0. The molecule has 1 heterocycles. The van der Waals surface area contributed by atoms with Gasteiger partial charge in [-0.3, -0.25) is 4.98 Å². The van der Waals surface area contributed by atoms with Gasteiger partial charge in [0, 0.05) is 23.9 Å². The molecule has 0 radical (unpaired) electrons. The van der Waals surface area contributed by atoms with E-state index in [0.29, 0.717) is 11.5 Å². The average Bonchev–Trinajstić information content (AvgIpc) is 2.72. The SMILES string of the molecule is COc1cccc2c(-c3cccc(Oc4cc(F)cc(S(C)(=O)=O)c4)c3)ccnc12. The highest BCUT2D eigenvalue weighted by Crippen LogP contribution is 2.34. The van der Waals surface area contributed by atoms with Gasteiger partial charge >= 0.3 is 0 Å². The number of pyridine rings is 1. The fraction of sp³-hybridized carbons (Fsp3) is 0.0870. The first-order chi connectivity index (χ1) is 14.3. The van der Waals surface area contributed by atoms with Crippen molar-refractivity contribution >= 4 is 20.7 Å². The summed E-state index contributed by atoms with van der Waals surface area (Å²) in [7, 11) is -1.96. The van der Waals surface area contributed by atoms with Crippen LogP contribution in [-0.4, -0.2) is 26.8 Å². The summed E-state index contributed by atoms with van der Waals surface area (Å²) >= 11 is 0. The van der Waals surface area contributed by atoms with E-state index in [0.717, 1.165) is 40.4 Å². The molecule has 0 unspecified atom stereocenters. The molecule has 5 nitrogen and oxygen atoms in total. The van der Waals surface area contributed by atoms with E-state index in [-0.39, 0.29) is 10.6 Å². The van der Waals surface area contributed by atoms with Crippen LogP contribution < -0.4 is 9.47 Å². The largest absolute Gasteiger partial charge is 0.494 e. The highest BCUT2D eigenvalue weighted by atomic mass is 32.2. The molecule has 0 aliphatic rings. The molecule has 4 rings (SSSR count). The lowest BCUT2D eigenvalue weighted by atomic mass is 10.0.